The summed E-state index contributed by atoms with van der Waals surface area (Å²) in [7, 11) is 0. The van der Waals surface area contributed by atoms with Crippen molar-refractivity contribution in [1.82, 2.24) is 15.5 Å². The van der Waals surface area contributed by atoms with Crippen molar-refractivity contribution >= 4 is 30.3 Å². The van der Waals surface area contributed by atoms with Gasteiger partial charge in [-0.3, -0.25) is 14.5 Å². The number of nitrogens with zero attached hydrogens (tertiary/aromatic N) is 1. The lowest BCUT2D eigenvalue weighted by atomic mass is 9.93. The smallest absolute Gasteiger partial charge is 0.325 e. The van der Waals surface area contributed by atoms with Gasteiger partial charge < -0.3 is 16.4 Å². The number of rotatable bonds is 7. The van der Waals surface area contributed by atoms with E-state index in [2.05, 4.69) is 10.6 Å². The molecule has 132 valence electrons. The quantitative estimate of drug-likeness (QED) is 0.592. The zero-order chi connectivity index (χ0) is 16.5. The molecule has 1 saturated heterocycles. The first-order chi connectivity index (χ1) is 10.3. The Hall–Kier alpha value is -1.34. The second-order valence-corrected chi connectivity index (χ2v) is 6.55. The molecule has 8 heteroatoms. The lowest BCUT2D eigenvalue weighted by molar-refractivity contribution is -0.135. The van der Waals surface area contributed by atoms with Gasteiger partial charge in [-0.1, -0.05) is 13.8 Å². The summed E-state index contributed by atoms with van der Waals surface area (Å²) in [6.07, 6.45) is 3.11. The van der Waals surface area contributed by atoms with Gasteiger partial charge in [0.2, 0.25) is 5.91 Å². The van der Waals surface area contributed by atoms with E-state index in [4.69, 9.17) is 5.73 Å². The Bertz CT molecular complexity index is 491. The summed E-state index contributed by atoms with van der Waals surface area (Å²) in [5, 5.41) is 5.62. The molecule has 1 unspecified atom stereocenters. The summed E-state index contributed by atoms with van der Waals surface area (Å²) in [6, 6.07) is -0.496. The van der Waals surface area contributed by atoms with Gasteiger partial charge in [-0.25, -0.2) is 4.79 Å². The number of carbonyl (C=O) groups excluding carboxylic acids is 3. The van der Waals surface area contributed by atoms with Gasteiger partial charge in [0.05, 0.1) is 5.54 Å². The molecule has 4 amide bonds. The third kappa shape index (κ3) is 3.61. The molecule has 2 fully saturated rings. The van der Waals surface area contributed by atoms with Gasteiger partial charge in [-0.05, 0) is 38.5 Å². The largest absolute Gasteiger partial charge is 0.348 e. The highest BCUT2D eigenvalue weighted by Gasteiger charge is 2.49. The molecule has 0 aromatic heterocycles. The molecule has 0 aromatic carbocycles. The Labute approximate surface area is 143 Å². The number of amides is 4. The van der Waals surface area contributed by atoms with E-state index >= 15 is 0 Å². The lowest BCUT2D eigenvalue weighted by Crippen LogP contribution is -2.56. The van der Waals surface area contributed by atoms with Crippen molar-refractivity contribution in [3.63, 3.8) is 0 Å². The van der Waals surface area contributed by atoms with E-state index in [1.165, 1.54) is 0 Å². The zero-order valence-electron chi connectivity index (χ0n) is 14.0. The summed E-state index contributed by atoms with van der Waals surface area (Å²) in [4.78, 5) is 37.7. The Balaban J connectivity index is 0.00000264. The number of halogens is 1. The van der Waals surface area contributed by atoms with Crippen molar-refractivity contribution in [2.24, 2.45) is 11.7 Å². The Morgan fingerprint density at radius 3 is 2.35 bits per heavy atom. The molecule has 1 atom stereocenters. The van der Waals surface area contributed by atoms with Crippen LogP contribution in [0.2, 0.25) is 0 Å². The third-order valence-corrected chi connectivity index (χ3v) is 5.08. The highest BCUT2D eigenvalue weighted by Crippen LogP contribution is 2.39. The maximum Gasteiger partial charge on any atom is 0.325 e. The average Bonchev–Trinajstić information content (AvgIpc) is 3.31. The Morgan fingerprint density at radius 1 is 1.39 bits per heavy atom. The Kier molecular flexibility index (Phi) is 6.04. The minimum atomic E-state index is -0.870. The molecule has 1 heterocycles. The topological polar surface area (TPSA) is 105 Å². The fraction of sp³-hybridized carbons (Fsp3) is 0.800. The number of hydrogen-bond donors (Lipinski definition) is 3. The third-order valence-electron chi connectivity index (χ3n) is 5.08. The second-order valence-electron chi connectivity index (χ2n) is 6.55. The normalized spacial score (nSPS) is 22.2. The van der Waals surface area contributed by atoms with Crippen LogP contribution in [0.15, 0.2) is 0 Å². The van der Waals surface area contributed by atoms with Crippen LogP contribution in [-0.4, -0.2) is 46.9 Å². The van der Waals surface area contributed by atoms with E-state index in [1.807, 2.05) is 20.8 Å². The van der Waals surface area contributed by atoms with E-state index in [-0.39, 0.29) is 30.8 Å². The molecule has 23 heavy (non-hydrogen) atoms. The highest BCUT2D eigenvalue weighted by atomic mass is 35.5. The first kappa shape index (κ1) is 19.7. The average molecular weight is 347 g/mol. The molecule has 1 saturated carbocycles. The van der Waals surface area contributed by atoms with E-state index in [0.29, 0.717) is 25.3 Å². The standard InChI is InChI=1S/C15H26N4O3.ClH/c1-4-15(5-2)12(21)19(13(22)18-15)8-11(20)17-14(3,9-16)10-6-7-10;/h10H,4-9,16H2,1-3H3,(H,17,20)(H,18,22);1H. The maximum absolute atomic E-state index is 12.5. The molecular formula is C15H27ClN4O3. The number of imide groups is 1. The van der Waals surface area contributed by atoms with E-state index in [0.717, 1.165) is 17.7 Å². The molecule has 0 aromatic rings. The van der Waals surface area contributed by atoms with E-state index in [1.54, 1.807) is 0 Å². The Morgan fingerprint density at radius 2 is 1.96 bits per heavy atom. The van der Waals surface area contributed by atoms with Gasteiger partial charge in [0, 0.05) is 6.54 Å². The monoisotopic (exact) mass is 346 g/mol. The molecule has 7 nitrogen and oxygen atoms in total. The molecule has 0 bridgehead atoms. The SMILES string of the molecule is CCC1(CC)NC(=O)N(CC(=O)NC(C)(CN)C2CC2)C1=O.Cl. The van der Waals surface area contributed by atoms with Crippen molar-refractivity contribution in [1.29, 1.82) is 0 Å². The van der Waals surface area contributed by atoms with Crippen LogP contribution in [0.3, 0.4) is 0 Å². The number of nitrogens with two attached hydrogens (primary N) is 1. The number of urea groups is 1. The van der Waals surface area contributed by atoms with E-state index in [9.17, 15) is 14.4 Å². The highest BCUT2D eigenvalue weighted by molar-refractivity contribution is 6.09. The summed E-state index contributed by atoms with van der Waals surface area (Å²) in [5.74, 6) is -0.278. The molecule has 0 radical (unpaired) electrons. The van der Waals surface area contributed by atoms with Crippen LogP contribution in [0.5, 0.6) is 0 Å². The molecule has 2 aliphatic rings. The molecule has 1 aliphatic heterocycles. The first-order valence-corrected chi connectivity index (χ1v) is 7.97. The van der Waals surface area contributed by atoms with Crippen LogP contribution in [0, 0.1) is 5.92 Å². The van der Waals surface area contributed by atoms with Gasteiger partial charge >= 0.3 is 6.03 Å². The minimum absolute atomic E-state index is 0. The predicted octanol–water partition coefficient (Wildman–Crippen LogP) is 0.762. The fourth-order valence-corrected chi connectivity index (χ4v) is 3.09. The van der Waals surface area contributed by atoms with Crippen molar-refractivity contribution in [3.05, 3.63) is 0 Å². The van der Waals surface area contributed by atoms with Crippen LogP contribution in [0.25, 0.3) is 0 Å². The molecular weight excluding hydrogens is 320 g/mol. The maximum atomic E-state index is 12.5. The van der Waals surface area contributed by atoms with Gasteiger partial charge in [-0.15, -0.1) is 12.4 Å². The van der Waals surface area contributed by atoms with Crippen molar-refractivity contribution in [2.45, 2.75) is 57.5 Å². The van der Waals surface area contributed by atoms with Crippen LogP contribution >= 0.6 is 12.4 Å². The van der Waals surface area contributed by atoms with Gasteiger partial charge in [0.1, 0.15) is 12.1 Å². The zero-order valence-corrected chi connectivity index (χ0v) is 14.8. The predicted molar refractivity (Wildman–Crippen MR) is 89.1 cm³/mol. The molecule has 2 rings (SSSR count). The van der Waals surface area contributed by atoms with Crippen LogP contribution in [0.4, 0.5) is 4.79 Å². The van der Waals surface area contributed by atoms with Crippen molar-refractivity contribution in [2.75, 3.05) is 13.1 Å². The van der Waals surface area contributed by atoms with Crippen LogP contribution < -0.4 is 16.4 Å². The summed E-state index contributed by atoms with van der Waals surface area (Å²) < 4.78 is 0. The lowest BCUT2D eigenvalue weighted by Gasteiger charge is -2.30. The minimum Gasteiger partial charge on any atom is -0.348 e. The van der Waals surface area contributed by atoms with Crippen molar-refractivity contribution < 1.29 is 14.4 Å². The second kappa shape index (κ2) is 7.05. The van der Waals surface area contributed by atoms with Gasteiger partial charge in [-0.2, -0.15) is 0 Å². The number of nitrogens with one attached hydrogen (secondary N) is 2. The van der Waals surface area contributed by atoms with E-state index < -0.39 is 17.1 Å². The number of carbonyl (C=O) groups is 3. The summed E-state index contributed by atoms with van der Waals surface area (Å²) in [5.41, 5.74) is 4.45. The van der Waals surface area contributed by atoms with Gasteiger partial charge in [0.25, 0.3) is 5.91 Å². The van der Waals surface area contributed by atoms with Crippen molar-refractivity contribution in [3.8, 4) is 0 Å². The number of hydrogen-bond acceptors (Lipinski definition) is 4. The van der Waals surface area contributed by atoms with Crippen LogP contribution in [0.1, 0.15) is 46.5 Å². The summed E-state index contributed by atoms with van der Waals surface area (Å²) >= 11 is 0. The molecule has 1 aliphatic carbocycles. The fourth-order valence-electron chi connectivity index (χ4n) is 3.09. The first-order valence-electron chi connectivity index (χ1n) is 7.97. The molecule has 4 N–H and O–H groups in total. The summed E-state index contributed by atoms with van der Waals surface area (Å²) in [6.45, 7) is 5.70. The van der Waals surface area contributed by atoms with Gasteiger partial charge in [0.15, 0.2) is 0 Å². The van der Waals surface area contributed by atoms with Crippen LogP contribution in [-0.2, 0) is 9.59 Å². The molecule has 0 spiro atoms.